The van der Waals surface area contributed by atoms with Crippen molar-refractivity contribution in [2.45, 2.75) is 25.8 Å². The van der Waals surface area contributed by atoms with Gasteiger partial charge in [0, 0.05) is 29.5 Å². The number of phenols is 1. The number of thiophene rings is 1. The number of aromatic hydroxyl groups is 1. The molecule has 29 heavy (non-hydrogen) atoms. The first kappa shape index (κ1) is 19.4. The van der Waals surface area contributed by atoms with Gasteiger partial charge >= 0.3 is 5.97 Å². The average Bonchev–Trinajstić information content (AvgIpc) is 3.07. The van der Waals surface area contributed by atoms with E-state index < -0.39 is 5.97 Å². The first-order valence-electron chi connectivity index (χ1n) is 9.12. The highest BCUT2D eigenvalue weighted by Gasteiger charge is 2.14. The van der Waals surface area contributed by atoms with Crippen LogP contribution in [0.5, 0.6) is 5.75 Å². The van der Waals surface area contributed by atoms with E-state index in [0.29, 0.717) is 36.1 Å². The monoisotopic (exact) mass is 427 g/mol. The second-order valence-electron chi connectivity index (χ2n) is 6.65. The van der Waals surface area contributed by atoms with E-state index >= 15 is 0 Å². The van der Waals surface area contributed by atoms with E-state index in [1.807, 2.05) is 18.2 Å². The maximum atomic E-state index is 10.8. The number of aryl methyl sites for hydroxylation is 1. The van der Waals surface area contributed by atoms with Gasteiger partial charge in [0.25, 0.3) is 0 Å². The van der Waals surface area contributed by atoms with Gasteiger partial charge in [0.05, 0.1) is 10.4 Å². The number of carbonyl (C=O) groups is 1. The molecule has 0 aliphatic rings. The van der Waals surface area contributed by atoms with Gasteiger partial charge in [0.2, 0.25) is 0 Å². The Hall–Kier alpha value is -2.90. The van der Waals surface area contributed by atoms with Gasteiger partial charge in [-0.25, -0.2) is 9.97 Å². The zero-order valence-electron chi connectivity index (χ0n) is 15.4. The number of hydrogen-bond acceptors (Lipinski definition) is 6. The smallest absolute Gasteiger partial charge is 0.303 e. The van der Waals surface area contributed by atoms with E-state index in [4.69, 9.17) is 16.7 Å². The molecule has 0 aliphatic carbocycles. The Morgan fingerprint density at radius 2 is 2.00 bits per heavy atom. The topological polar surface area (TPSA) is 95.3 Å². The van der Waals surface area contributed by atoms with Gasteiger partial charge in [-0.3, -0.25) is 4.79 Å². The minimum Gasteiger partial charge on any atom is -0.506 e. The quantitative estimate of drug-likeness (QED) is 0.374. The fourth-order valence-corrected chi connectivity index (χ4v) is 4.45. The van der Waals surface area contributed by atoms with Gasteiger partial charge in [-0.2, -0.15) is 0 Å². The molecule has 2 heterocycles. The van der Waals surface area contributed by atoms with Crippen molar-refractivity contribution >= 4 is 55.0 Å². The molecule has 0 fully saturated rings. The lowest BCUT2D eigenvalue weighted by atomic mass is 10.2. The van der Waals surface area contributed by atoms with Crippen molar-refractivity contribution in [2.75, 3.05) is 5.32 Å². The Labute approximate surface area is 175 Å². The van der Waals surface area contributed by atoms with Crippen LogP contribution in [0.4, 0.5) is 5.82 Å². The SMILES string of the molecule is O=C(O)CCCc1nc(NCc2ccc(O)c(Cl)c2)c2c(n1)sc1ccccc12. The maximum absolute atomic E-state index is 10.8. The van der Waals surface area contributed by atoms with Crippen LogP contribution in [-0.2, 0) is 17.8 Å². The third-order valence-corrected chi connectivity index (χ3v) is 5.92. The molecule has 0 unspecified atom stereocenters. The standard InChI is InChI=1S/C21H18ClN3O3S/c22-14-10-12(8-9-15(14)26)11-23-20-19-13-4-1-2-5-16(13)29-21(19)25-17(24-20)6-3-7-18(27)28/h1-2,4-5,8-10,26H,3,6-7,11H2,(H,27,28)(H,23,24,25). The van der Waals surface area contributed by atoms with Gasteiger partial charge in [0.1, 0.15) is 22.2 Å². The minimum absolute atomic E-state index is 0.0457. The van der Waals surface area contributed by atoms with Crippen molar-refractivity contribution in [3.05, 3.63) is 58.9 Å². The molecule has 6 nitrogen and oxygen atoms in total. The molecule has 0 spiro atoms. The highest BCUT2D eigenvalue weighted by molar-refractivity contribution is 7.25. The number of benzene rings is 2. The molecule has 0 aliphatic heterocycles. The van der Waals surface area contributed by atoms with Crippen LogP contribution in [0.3, 0.4) is 0 Å². The summed E-state index contributed by atoms with van der Waals surface area (Å²) in [5, 5.41) is 24.2. The summed E-state index contributed by atoms with van der Waals surface area (Å²) in [5.41, 5.74) is 0.909. The molecule has 8 heteroatoms. The summed E-state index contributed by atoms with van der Waals surface area (Å²) in [4.78, 5) is 21.0. The number of halogens is 1. The number of nitrogens with one attached hydrogen (secondary N) is 1. The van der Waals surface area contributed by atoms with E-state index in [1.165, 1.54) is 0 Å². The Kier molecular flexibility index (Phi) is 5.51. The third-order valence-electron chi connectivity index (χ3n) is 4.55. The van der Waals surface area contributed by atoms with Crippen molar-refractivity contribution < 1.29 is 15.0 Å². The summed E-state index contributed by atoms with van der Waals surface area (Å²) in [6.07, 6.45) is 1.07. The Balaban J connectivity index is 1.70. The predicted molar refractivity (Wildman–Crippen MR) is 116 cm³/mol. The summed E-state index contributed by atoms with van der Waals surface area (Å²) in [5.74, 6) is 0.554. The number of carboxylic acid groups (broad SMARTS) is 1. The highest BCUT2D eigenvalue weighted by Crippen LogP contribution is 2.36. The number of hydrogen-bond donors (Lipinski definition) is 3. The average molecular weight is 428 g/mol. The fraction of sp³-hybridized carbons (Fsp3) is 0.190. The summed E-state index contributed by atoms with van der Waals surface area (Å²) >= 11 is 7.60. The van der Waals surface area contributed by atoms with Crippen LogP contribution in [0.1, 0.15) is 24.2 Å². The first-order valence-corrected chi connectivity index (χ1v) is 10.3. The molecule has 2 aromatic heterocycles. The molecule has 148 valence electrons. The van der Waals surface area contributed by atoms with Crippen LogP contribution >= 0.6 is 22.9 Å². The van der Waals surface area contributed by atoms with E-state index in [0.717, 1.165) is 25.9 Å². The van der Waals surface area contributed by atoms with Gasteiger partial charge in [0.15, 0.2) is 0 Å². The van der Waals surface area contributed by atoms with Crippen molar-refractivity contribution in [3.63, 3.8) is 0 Å². The molecule has 0 saturated carbocycles. The van der Waals surface area contributed by atoms with Crippen LogP contribution in [0, 0.1) is 0 Å². The van der Waals surface area contributed by atoms with Crippen LogP contribution in [-0.4, -0.2) is 26.2 Å². The molecule has 2 aromatic carbocycles. The summed E-state index contributed by atoms with van der Waals surface area (Å²) < 4.78 is 1.12. The number of phenolic OH excluding ortho intramolecular Hbond substituents is 1. The molecule has 0 radical (unpaired) electrons. The van der Waals surface area contributed by atoms with E-state index in [9.17, 15) is 9.90 Å². The number of nitrogens with zero attached hydrogens (tertiary/aromatic N) is 2. The van der Waals surface area contributed by atoms with E-state index in [-0.39, 0.29) is 12.2 Å². The second-order valence-corrected chi connectivity index (χ2v) is 8.09. The Morgan fingerprint density at radius 1 is 1.17 bits per heavy atom. The molecular weight excluding hydrogens is 410 g/mol. The second kappa shape index (κ2) is 8.23. The zero-order chi connectivity index (χ0) is 20.4. The molecule has 0 saturated heterocycles. The van der Waals surface area contributed by atoms with E-state index in [2.05, 4.69) is 21.4 Å². The van der Waals surface area contributed by atoms with Gasteiger partial charge < -0.3 is 15.5 Å². The number of aromatic nitrogens is 2. The fourth-order valence-electron chi connectivity index (χ4n) is 3.15. The molecule has 0 atom stereocenters. The molecular formula is C21H18ClN3O3S. The van der Waals surface area contributed by atoms with Crippen molar-refractivity contribution in [3.8, 4) is 5.75 Å². The van der Waals surface area contributed by atoms with Gasteiger partial charge in [-0.15, -0.1) is 11.3 Å². The van der Waals surface area contributed by atoms with Crippen molar-refractivity contribution in [2.24, 2.45) is 0 Å². The molecule has 0 bridgehead atoms. The number of aliphatic carboxylic acids is 1. The van der Waals surface area contributed by atoms with Crippen LogP contribution < -0.4 is 5.32 Å². The van der Waals surface area contributed by atoms with Crippen molar-refractivity contribution in [1.82, 2.24) is 9.97 Å². The number of anilines is 1. The van der Waals surface area contributed by atoms with Crippen molar-refractivity contribution in [1.29, 1.82) is 0 Å². The normalized spacial score (nSPS) is 11.2. The lowest BCUT2D eigenvalue weighted by Gasteiger charge is -2.10. The van der Waals surface area contributed by atoms with Crippen LogP contribution in [0.2, 0.25) is 5.02 Å². The minimum atomic E-state index is -0.824. The summed E-state index contributed by atoms with van der Waals surface area (Å²) in [6.45, 7) is 0.477. The Morgan fingerprint density at radius 3 is 2.79 bits per heavy atom. The molecule has 3 N–H and O–H groups in total. The molecule has 4 aromatic rings. The van der Waals surface area contributed by atoms with Crippen LogP contribution in [0.25, 0.3) is 20.3 Å². The number of carboxylic acids is 1. The lowest BCUT2D eigenvalue weighted by Crippen LogP contribution is -2.06. The highest BCUT2D eigenvalue weighted by atomic mass is 35.5. The van der Waals surface area contributed by atoms with Crippen LogP contribution in [0.15, 0.2) is 42.5 Å². The van der Waals surface area contributed by atoms with Gasteiger partial charge in [-0.1, -0.05) is 35.9 Å². The number of fused-ring (bicyclic) bond motifs is 3. The largest absolute Gasteiger partial charge is 0.506 e. The lowest BCUT2D eigenvalue weighted by molar-refractivity contribution is -0.137. The maximum Gasteiger partial charge on any atom is 0.303 e. The summed E-state index contributed by atoms with van der Waals surface area (Å²) in [7, 11) is 0. The Bertz CT molecular complexity index is 1210. The first-order chi connectivity index (χ1) is 14.0. The molecule has 0 amide bonds. The predicted octanol–water partition coefficient (Wildman–Crippen LogP) is 5.22. The summed E-state index contributed by atoms with van der Waals surface area (Å²) in [6, 6.07) is 13.1. The third kappa shape index (κ3) is 4.26. The number of rotatable bonds is 7. The van der Waals surface area contributed by atoms with Gasteiger partial charge in [-0.05, 0) is 30.2 Å². The van der Waals surface area contributed by atoms with E-state index in [1.54, 1.807) is 29.5 Å². The molecule has 4 rings (SSSR count). The zero-order valence-corrected chi connectivity index (χ0v) is 16.9.